The maximum Gasteiger partial charge on any atom is 0.161 e. The van der Waals surface area contributed by atoms with E-state index in [1.54, 1.807) is 66.7 Å². The van der Waals surface area contributed by atoms with Crippen LogP contribution in [0.4, 0.5) is 0 Å². The molecular weight excluding hydrogens is 1650 g/mol. The van der Waals surface area contributed by atoms with Crippen LogP contribution < -0.4 is 0 Å². The highest BCUT2D eigenvalue weighted by Crippen LogP contribution is 2.50. The normalized spacial score (nSPS) is 11.1. The van der Waals surface area contributed by atoms with Gasteiger partial charge in [-0.25, -0.2) is 19.9 Å². The molecule has 22 aromatic rings. The van der Waals surface area contributed by atoms with Gasteiger partial charge in [0, 0.05) is 76.7 Å². The molecule has 0 radical (unpaired) electrons. The summed E-state index contributed by atoms with van der Waals surface area (Å²) in [5.41, 5.74) is 23.5. The first kappa shape index (κ1) is 79.7. The SMILES string of the molecule is Cc1cc(C)nc(-c2cc(-n3c4cc(-c5ccc(C#N)cc5C#N)ccc4c4c(-c5ccc6c(c5)c5cc(-c7ccc(C#N)cc7C#N)ccc5n6-c5cc(C#N)c(-c6nc(-c7ccccc7)cc(-c7ccccc7)n6)cc5-n5c6ccccc6c6cc(-c7ccc(C#N)cc7C#N)ccc65)cccc43)c(-n3c4ccccc4c4ccc(-c5ccc(C#N)cc5C#N)cc43)cc2C#N)n1. The largest absolute Gasteiger partial charge is 0.307 e. The number of rotatable bonds is 13. The van der Waals surface area contributed by atoms with E-state index in [1.807, 2.05) is 202 Å². The average Bonchev–Trinajstić information content (AvgIpc) is 1.55. The summed E-state index contributed by atoms with van der Waals surface area (Å²) in [6, 6.07) is 128. The summed E-state index contributed by atoms with van der Waals surface area (Å²) in [6.07, 6.45) is 0. The van der Waals surface area contributed by atoms with Gasteiger partial charge in [-0.15, -0.1) is 0 Å². The minimum absolute atomic E-state index is 0.258. The van der Waals surface area contributed by atoms with Gasteiger partial charge in [-0.05, 0) is 221 Å². The highest BCUT2D eigenvalue weighted by atomic mass is 15.1. The zero-order valence-corrected chi connectivity index (χ0v) is 71.2. The van der Waals surface area contributed by atoms with Crippen LogP contribution in [0.25, 0.3) is 211 Å². The van der Waals surface area contributed by atoms with Crippen LogP contribution in [0.2, 0.25) is 0 Å². The summed E-state index contributed by atoms with van der Waals surface area (Å²) in [7, 11) is 0. The Morgan fingerprint density at radius 3 is 0.933 bits per heavy atom. The van der Waals surface area contributed by atoms with Crippen LogP contribution in [-0.2, 0) is 0 Å². The van der Waals surface area contributed by atoms with E-state index in [9.17, 15) is 52.6 Å². The predicted octanol–water partition coefficient (Wildman–Crippen LogP) is 26.0. The summed E-state index contributed by atoms with van der Waals surface area (Å²) >= 11 is 0. The Balaban J connectivity index is 0.844. The minimum Gasteiger partial charge on any atom is -0.307 e. The lowest BCUT2D eigenvalue weighted by Gasteiger charge is -2.20. The smallest absolute Gasteiger partial charge is 0.161 e. The van der Waals surface area contributed by atoms with E-state index >= 15 is 0 Å². The average molecular weight is 1710 g/mol. The van der Waals surface area contributed by atoms with E-state index in [1.165, 1.54) is 0 Å². The van der Waals surface area contributed by atoms with Crippen molar-refractivity contribution in [2.24, 2.45) is 0 Å². The third-order valence-corrected chi connectivity index (χ3v) is 25.3. The molecule has 0 aliphatic carbocycles. The molecule has 614 valence electrons. The van der Waals surface area contributed by atoms with Gasteiger partial charge in [0.25, 0.3) is 0 Å². The summed E-state index contributed by atoms with van der Waals surface area (Å²) in [4.78, 5) is 20.8. The zero-order valence-electron chi connectivity index (χ0n) is 71.2. The van der Waals surface area contributed by atoms with E-state index < -0.39 is 0 Å². The van der Waals surface area contributed by atoms with Crippen molar-refractivity contribution in [2.75, 3.05) is 0 Å². The number of fused-ring (bicyclic) bond motifs is 12. The van der Waals surface area contributed by atoms with Gasteiger partial charge in [0.1, 0.15) is 0 Å². The summed E-state index contributed by atoms with van der Waals surface area (Å²) in [6.45, 7) is 3.79. The molecule has 18 heteroatoms. The van der Waals surface area contributed by atoms with E-state index in [0.29, 0.717) is 157 Å². The molecule has 0 aliphatic heterocycles. The van der Waals surface area contributed by atoms with Crippen molar-refractivity contribution in [1.82, 2.24) is 38.2 Å². The molecule has 0 amide bonds. The fourth-order valence-corrected chi connectivity index (χ4v) is 19.3. The third kappa shape index (κ3) is 13.0. The second kappa shape index (κ2) is 32.0. The topological polar surface area (TPSA) is 309 Å². The van der Waals surface area contributed by atoms with Crippen LogP contribution in [-0.4, -0.2) is 38.2 Å². The number of nitriles is 10. The Morgan fingerprint density at radius 2 is 0.507 bits per heavy atom. The third-order valence-electron chi connectivity index (χ3n) is 25.3. The van der Waals surface area contributed by atoms with Gasteiger partial charge >= 0.3 is 0 Å². The molecule has 0 fully saturated rings. The standard InChI is InChI=1S/C116H60N18/c1-67-42-68(2)128-115(127-67)95-54-113(111(53-84(95)65-125)133-102-21-11-9-18-91(102)93-37-28-78(50-108(93)133)88-35-26-71(59-119)45-82(88)63-123)134-107-23-13-20-90(114(107)94-38-29-79(51-109(94)134)89-36-27-72(60-120)46-83(89)64-124)77-32-41-106-99(49-77)98-48-76(87-34-25-70(58-118)44-81(87)62-122)31-40-105(98)132(106)110-52-85(66-126)96(116-129-100(73-14-5-3-6-15-73)56-101(130-116)74-16-7-4-8-17-74)55-112(110)131-103-22-12-10-19-92(103)97-47-75(30-39-104(97)131)86-33-24-69(57-117)43-80(86)61-121/h3-56H,1-2H3. The maximum absolute atomic E-state index is 12.1. The molecule has 0 saturated heterocycles. The van der Waals surface area contributed by atoms with E-state index in [-0.39, 0.29) is 16.7 Å². The molecule has 6 aromatic heterocycles. The Kier molecular flexibility index (Phi) is 19.0. The highest BCUT2D eigenvalue weighted by molar-refractivity contribution is 6.20. The lowest BCUT2D eigenvalue weighted by atomic mass is 9.95. The van der Waals surface area contributed by atoms with Crippen molar-refractivity contribution in [3.05, 3.63) is 395 Å². The molecule has 0 N–H and O–H groups in total. The Morgan fingerprint density at radius 1 is 0.194 bits per heavy atom. The molecule has 6 heterocycles. The van der Waals surface area contributed by atoms with Gasteiger partial charge in [0.05, 0.1) is 195 Å². The monoisotopic (exact) mass is 1700 g/mol. The van der Waals surface area contributed by atoms with Crippen LogP contribution in [0.3, 0.4) is 0 Å². The quantitative estimate of drug-likeness (QED) is 0.104. The molecule has 22 rings (SSSR count). The number of nitrogens with zero attached hydrogens (tertiary/aromatic N) is 18. The van der Waals surface area contributed by atoms with Crippen LogP contribution in [0, 0.1) is 127 Å². The first-order valence-corrected chi connectivity index (χ1v) is 42.8. The Hall–Kier alpha value is -20.2. The van der Waals surface area contributed by atoms with Crippen molar-refractivity contribution < 1.29 is 0 Å². The lowest BCUT2D eigenvalue weighted by Crippen LogP contribution is -2.07. The minimum atomic E-state index is 0.258. The van der Waals surface area contributed by atoms with Gasteiger partial charge in [0.2, 0.25) is 0 Å². The summed E-state index contributed by atoms with van der Waals surface area (Å²) < 4.78 is 8.74. The van der Waals surface area contributed by atoms with Crippen molar-refractivity contribution in [2.45, 2.75) is 13.8 Å². The van der Waals surface area contributed by atoms with E-state index in [2.05, 4.69) is 152 Å². The summed E-state index contributed by atoms with van der Waals surface area (Å²) in [5.74, 6) is 0.622. The highest BCUT2D eigenvalue weighted by Gasteiger charge is 2.30. The maximum atomic E-state index is 12.1. The van der Waals surface area contributed by atoms with Crippen molar-refractivity contribution in [3.8, 4) is 184 Å². The van der Waals surface area contributed by atoms with Gasteiger partial charge in [0.15, 0.2) is 11.6 Å². The van der Waals surface area contributed by atoms with Crippen molar-refractivity contribution in [1.29, 1.82) is 52.6 Å². The molecule has 0 spiro atoms. The van der Waals surface area contributed by atoms with Gasteiger partial charge in [-0.1, -0.05) is 176 Å². The lowest BCUT2D eigenvalue weighted by molar-refractivity contribution is 1.05. The Labute approximate surface area is 765 Å². The second-order valence-corrected chi connectivity index (χ2v) is 32.8. The Bertz CT molecular complexity index is 9360. The van der Waals surface area contributed by atoms with E-state index in [0.717, 1.165) is 104 Å². The van der Waals surface area contributed by atoms with E-state index in [4.69, 9.17) is 19.9 Å². The molecule has 134 heavy (non-hydrogen) atoms. The first-order chi connectivity index (χ1) is 65.8. The number of hydrogen-bond acceptors (Lipinski definition) is 14. The fraction of sp³-hybridized carbons (Fsp3) is 0.0172. The van der Waals surface area contributed by atoms with Crippen molar-refractivity contribution in [3.63, 3.8) is 0 Å². The molecule has 0 saturated carbocycles. The molecule has 0 unspecified atom stereocenters. The number of aromatic nitrogens is 8. The molecule has 0 atom stereocenters. The van der Waals surface area contributed by atoms with Crippen LogP contribution >= 0.6 is 0 Å². The van der Waals surface area contributed by atoms with Crippen LogP contribution in [0.1, 0.15) is 67.0 Å². The molecule has 16 aromatic carbocycles. The van der Waals surface area contributed by atoms with Gasteiger partial charge in [-0.2, -0.15) is 52.6 Å². The van der Waals surface area contributed by atoms with Crippen molar-refractivity contribution >= 4 is 87.2 Å². The number of hydrogen-bond donors (Lipinski definition) is 0. The summed E-state index contributed by atoms with van der Waals surface area (Å²) in [5, 5.41) is 114. The second-order valence-electron chi connectivity index (χ2n) is 32.8. The number of para-hydroxylation sites is 2. The first-order valence-electron chi connectivity index (χ1n) is 42.8. The fourth-order valence-electron chi connectivity index (χ4n) is 19.3. The zero-order chi connectivity index (χ0) is 91.3. The molecule has 18 nitrogen and oxygen atoms in total. The number of aryl methyl sites for hydroxylation is 2. The molecular formula is C116H60N18. The van der Waals surface area contributed by atoms with Gasteiger partial charge in [-0.3, -0.25) is 0 Å². The molecule has 0 aliphatic rings. The van der Waals surface area contributed by atoms with Crippen LogP contribution in [0.5, 0.6) is 0 Å². The number of benzene rings is 16. The van der Waals surface area contributed by atoms with Gasteiger partial charge < -0.3 is 18.3 Å². The predicted molar refractivity (Wildman–Crippen MR) is 521 cm³/mol. The van der Waals surface area contributed by atoms with Crippen LogP contribution in [0.15, 0.2) is 328 Å². The molecule has 0 bridgehead atoms.